The van der Waals surface area contributed by atoms with Crippen LogP contribution in [0.15, 0.2) is 30.5 Å². The van der Waals surface area contributed by atoms with Gasteiger partial charge in [0.25, 0.3) is 0 Å². The highest BCUT2D eigenvalue weighted by Gasteiger charge is 2.23. The van der Waals surface area contributed by atoms with Crippen molar-refractivity contribution in [3.8, 4) is 5.75 Å². The van der Waals surface area contributed by atoms with Crippen LogP contribution in [0.5, 0.6) is 5.75 Å². The van der Waals surface area contributed by atoms with E-state index in [-0.39, 0.29) is 0 Å². The summed E-state index contributed by atoms with van der Waals surface area (Å²) in [4.78, 5) is 4.67. The van der Waals surface area contributed by atoms with Gasteiger partial charge in [-0.3, -0.25) is 0 Å². The van der Waals surface area contributed by atoms with E-state index in [4.69, 9.17) is 16.3 Å². The monoisotopic (exact) mass is 281 g/mol. The molecule has 1 fully saturated rings. The van der Waals surface area contributed by atoms with Gasteiger partial charge in [-0.1, -0.05) is 23.7 Å². The summed E-state index contributed by atoms with van der Waals surface area (Å²) in [6, 6.07) is 7.52. The molecule has 0 amide bonds. The molecule has 1 unspecified atom stereocenters. The molecule has 0 spiro atoms. The second kappa shape index (κ2) is 4.88. The molecule has 1 heterocycles. The number of aromatic nitrogens is 1. The highest BCUT2D eigenvalue weighted by Crippen LogP contribution is 2.31. The minimum atomic E-state index is -0.676. The topological polar surface area (TPSA) is 42.4 Å². The summed E-state index contributed by atoms with van der Waals surface area (Å²) < 4.78 is 6.10. The zero-order chi connectivity index (χ0) is 12.5. The van der Waals surface area contributed by atoms with Gasteiger partial charge in [0.05, 0.1) is 11.0 Å². The van der Waals surface area contributed by atoms with Crippen molar-refractivity contribution >= 4 is 22.9 Å². The first-order chi connectivity index (χ1) is 8.72. The average Bonchev–Trinajstić information content (AvgIpc) is 3.09. The van der Waals surface area contributed by atoms with Crippen LogP contribution in [0.4, 0.5) is 0 Å². The van der Waals surface area contributed by atoms with E-state index < -0.39 is 6.10 Å². The van der Waals surface area contributed by atoms with Gasteiger partial charge in [-0.25, -0.2) is 4.98 Å². The van der Waals surface area contributed by atoms with E-state index in [9.17, 15) is 5.11 Å². The van der Waals surface area contributed by atoms with Gasteiger partial charge >= 0.3 is 0 Å². The largest absolute Gasteiger partial charge is 0.490 e. The maximum atomic E-state index is 10.2. The maximum absolute atomic E-state index is 10.2. The average molecular weight is 282 g/mol. The third-order valence-corrected chi connectivity index (χ3v) is 3.96. The number of hydrogen-bond donors (Lipinski definition) is 1. The normalized spacial score (nSPS) is 16.6. The van der Waals surface area contributed by atoms with Gasteiger partial charge in [-0.05, 0) is 30.5 Å². The molecule has 1 aliphatic rings. The van der Waals surface area contributed by atoms with Crippen LogP contribution in [0.25, 0.3) is 0 Å². The van der Waals surface area contributed by atoms with Gasteiger partial charge in [-0.15, -0.1) is 11.3 Å². The number of nitrogens with zero attached hydrogens (tertiary/aromatic N) is 1. The molecule has 1 saturated carbocycles. The number of halogens is 1. The van der Waals surface area contributed by atoms with Gasteiger partial charge in [0.2, 0.25) is 0 Å². The fraction of sp³-hybridized carbons (Fsp3) is 0.308. The summed E-state index contributed by atoms with van der Waals surface area (Å²) in [5.41, 5.74) is 0.818. The third kappa shape index (κ3) is 2.66. The summed E-state index contributed by atoms with van der Waals surface area (Å²) in [5, 5.41) is 10.2. The quantitative estimate of drug-likeness (QED) is 0.934. The Bertz CT molecular complexity index is 536. The standard InChI is InChI=1S/C13H12ClNO2S/c14-13-15-7-11(18-13)12(16)8-1-3-9(4-2-8)17-10-5-6-10/h1-4,7,10,12,16H,5-6H2. The molecule has 0 aliphatic heterocycles. The molecule has 0 radical (unpaired) electrons. The van der Waals surface area contributed by atoms with Gasteiger partial charge in [0, 0.05) is 6.20 Å². The molecule has 3 rings (SSSR count). The lowest BCUT2D eigenvalue weighted by Gasteiger charge is -2.10. The predicted molar refractivity (Wildman–Crippen MR) is 71.3 cm³/mol. The van der Waals surface area contributed by atoms with Crippen LogP contribution in [-0.2, 0) is 0 Å². The number of hydrogen-bond acceptors (Lipinski definition) is 4. The zero-order valence-electron chi connectivity index (χ0n) is 9.54. The Morgan fingerprint density at radius 2 is 2.06 bits per heavy atom. The maximum Gasteiger partial charge on any atom is 0.183 e. The van der Waals surface area contributed by atoms with Crippen molar-refractivity contribution < 1.29 is 9.84 Å². The van der Waals surface area contributed by atoms with Crippen LogP contribution in [0, 0.1) is 0 Å². The Morgan fingerprint density at radius 3 is 2.61 bits per heavy atom. The second-order valence-corrected chi connectivity index (χ2v) is 5.95. The van der Waals surface area contributed by atoms with Crippen molar-refractivity contribution in [2.45, 2.75) is 25.0 Å². The Hall–Kier alpha value is -1.10. The highest BCUT2D eigenvalue weighted by atomic mass is 35.5. The number of rotatable bonds is 4. The lowest BCUT2D eigenvalue weighted by molar-refractivity contribution is 0.223. The Labute approximate surface area is 114 Å². The molecule has 1 aromatic carbocycles. The van der Waals surface area contributed by atoms with Crippen molar-refractivity contribution in [2.24, 2.45) is 0 Å². The summed E-state index contributed by atoms with van der Waals surface area (Å²) in [6.45, 7) is 0. The number of aliphatic hydroxyl groups excluding tert-OH is 1. The van der Waals surface area contributed by atoms with Crippen LogP contribution in [-0.4, -0.2) is 16.2 Å². The van der Waals surface area contributed by atoms with Crippen molar-refractivity contribution in [3.63, 3.8) is 0 Å². The number of aliphatic hydroxyl groups is 1. The van der Waals surface area contributed by atoms with E-state index in [1.165, 1.54) is 11.3 Å². The van der Waals surface area contributed by atoms with Gasteiger partial charge in [-0.2, -0.15) is 0 Å². The predicted octanol–water partition coefficient (Wildman–Crippen LogP) is 3.42. The van der Waals surface area contributed by atoms with E-state index in [1.54, 1.807) is 6.20 Å². The molecule has 3 nitrogen and oxygen atoms in total. The van der Waals surface area contributed by atoms with Gasteiger partial charge in [0.15, 0.2) is 4.47 Å². The highest BCUT2D eigenvalue weighted by molar-refractivity contribution is 7.15. The minimum absolute atomic E-state index is 0.390. The Morgan fingerprint density at radius 1 is 1.33 bits per heavy atom. The molecule has 94 valence electrons. The van der Waals surface area contributed by atoms with E-state index in [0.29, 0.717) is 10.6 Å². The Balaban J connectivity index is 1.74. The first-order valence-corrected chi connectivity index (χ1v) is 6.98. The van der Waals surface area contributed by atoms with Crippen LogP contribution in [0.2, 0.25) is 4.47 Å². The molecule has 18 heavy (non-hydrogen) atoms. The van der Waals surface area contributed by atoms with Gasteiger partial charge < -0.3 is 9.84 Å². The minimum Gasteiger partial charge on any atom is -0.490 e. The first kappa shape index (κ1) is 12.0. The van der Waals surface area contributed by atoms with Crippen LogP contribution < -0.4 is 4.74 Å². The van der Waals surface area contributed by atoms with E-state index in [2.05, 4.69) is 4.98 Å². The fourth-order valence-electron chi connectivity index (χ4n) is 1.66. The zero-order valence-corrected chi connectivity index (χ0v) is 11.1. The molecule has 1 aliphatic carbocycles. The second-order valence-electron chi connectivity index (χ2n) is 4.30. The molecule has 2 aromatic rings. The first-order valence-electron chi connectivity index (χ1n) is 5.78. The lowest BCUT2D eigenvalue weighted by atomic mass is 10.1. The lowest BCUT2D eigenvalue weighted by Crippen LogP contribution is -1.99. The molecule has 5 heteroatoms. The summed E-state index contributed by atoms with van der Waals surface area (Å²) in [6.07, 6.45) is 3.60. The summed E-state index contributed by atoms with van der Waals surface area (Å²) >= 11 is 7.05. The molecular formula is C13H12ClNO2S. The van der Waals surface area contributed by atoms with Gasteiger partial charge in [0.1, 0.15) is 11.9 Å². The van der Waals surface area contributed by atoms with Crippen molar-refractivity contribution in [2.75, 3.05) is 0 Å². The van der Waals surface area contributed by atoms with Crippen molar-refractivity contribution in [1.29, 1.82) is 0 Å². The molecule has 0 saturated heterocycles. The third-order valence-electron chi connectivity index (χ3n) is 2.79. The molecule has 1 atom stereocenters. The van der Waals surface area contributed by atoms with Crippen LogP contribution in [0.1, 0.15) is 29.4 Å². The smallest absolute Gasteiger partial charge is 0.183 e. The number of benzene rings is 1. The molecule has 0 bridgehead atoms. The van der Waals surface area contributed by atoms with Crippen LogP contribution in [0.3, 0.4) is 0 Å². The van der Waals surface area contributed by atoms with Crippen molar-refractivity contribution in [1.82, 2.24) is 4.98 Å². The molecular weight excluding hydrogens is 270 g/mol. The van der Waals surface area contributed by atoms with Crippen molar-refractivity contribution in [3.05, 3.63) is 45.4 Å². The van der Waals surface area contributed by atoms with E-state index >= 15 is 0 Å². The summed E-state index contributed by atoms with van der Waals surface area (Å²) in [7, 11) is 0. The summed E-state index contributed by atoms with van der Waals surface area (Å²) in [5.74, 6) is 0.857. The van der Waals surface area contributed by atoms with E-state index in [0.717, 1.165) is 29.0 Å². The SMILES string of the molecule is OC(c1ccc(OC2CC2)cc1)c1cnc(Cl)s1. The molecule has 1 aromatic heterocycles. The van der Waals surface area contributed by atoms with Crippen LogP contribution >= 0.6 is 22.9 Å². The fourth-order valence-corrected chi connectivity index (χ4v) is 2.63. The molecule has 1 N–H and O–H groups in total. The number of thiazole rings is 1. The number of ether oxygens (including phenoxy) is 1. The van der Waals surface area contributed by atoms with E-state index in [1.807, 2.05) is 24.3 Å². The Kier molecular flexibility index (Phi) is 3.24.